The van der Waals surface area contributed by atoms with Crippen LogP contribution in [0.25, 0.3) is 0 Å². The van der Waals surface area contributed by atoms with Gasteiger partial charge in [0.25, 0.3) is 0 Å². The van der Waals surface area contributed by atoms with Crippen molar-refractivity contribution in [2.75, 3.05) is 13.2 Å². The zero-order valence-electron chi connectivity index (χ0n) is 33.7. The van der Waals surface area contributed by atoms with Gasteiger partial charge in [-0.1, -0.05) is 207 Å². The summed E-state index contributed by atoms with van der Waals surface area (Å²) in [6, 6.07) is 0. The highest BCUT2D eigenvalue weighted by Crippen LogP contribution is 2.15. The number of hydrogen-bond donors (Lipinski definition) is 0. The zero-order valence-corrected chi connectivity index (χ0v) is 33.7. The summed E-state index contributed by atoms with van der Waals surface area (Å²) in [5, 5.41) is 0. The van der Waals surface area contributed by atoms with Crippen LogP contribution in [0, 0.1) is 0 Å². The van der Waals surface area contributed by atoms with E-state index < -0.39 is 6.10 Å². The van der Waals surface area contributed by atoms with Crippen LogP contribution in [-0.4, -0.2) is 37.2 Å². The summed E-state index contributed by atoms with van der Waals surface area (Å²) in [6.45, 7) is 6.57. The fourth-order valence-electron chi connectivity index (χ4n) is 6.50. The Balaban J connectivity index is 4.18. The van der Waals surface area contributed by atoms with Gasteiger partial charge >= 0.3 is 17.9 Å². The van der Waals surface area contributed by atoms with Gasteiger partial charge in [0.2, 0.25) is 0 Å². The molecule has 6 heteroatoms. The average Bonchev–Trinajstić information content (AvgIpc) is 3.11. The van der Waals surface area contributed by atoms with Crippen molar-refractivity contribution in [3.63, 3.8) is 0 Å². The molecule has 0 heterocycles. The van der Waals surface area contributed by atoms with Crippen molar-refractivity contribution in [3.05, 3.63) is 0 Å². The third-order valence-electron chi connectivity index (χ3n) is 9.86. The van der Waals surface area contributed by atoms with E-state index in [9.17, 15) is 14.4 Å². The van der Waals surface area contributed by atoms with Crippen molar-refractivity contribution in [1.82, 2.24) is 0 Å². The zero-order chi connectivity index (χ0) is 36.6. The quantitative estimate of drug-likeness (QED) is 0.0358. The molecule has 0 saturated heterocycles. The summed E-state index contributed by atoms with van der Waals surface area (Å²) >= 11 is 0. The fourth-order valence-corrected chi connectivity index (χ4v) is 6.50. The number of esters is 3. The molecule has 1 atom stereocenters. The number of hydrogen-bond acceptors (Lipinski definition) is 6. The minimum absolute atomic E-state index is 0.0640. The minimum Gasteiger partial charge on any atom is -0.462 e. The van der Waals surface area contributed by atoms with E-state index in [2.05, 4.69) is 20.8 Å². The van der Waals surface area contributed by atoms with Gasteiger partial charge in [-0.25, -0.2) is 0 Å². The van der Waals surface area contributed by atoms with E-state index in [0.29, 0.717) is 19.3 Å². The third kappa shape index (κ3) is 37.7. The molecular weight excluding hydrogens is 624 g/mol. The van der Waals surface area contributed by atoms with Crippen molar-refractivity contribution in [2.24, 2.45) is 0 Å². The fraction of sp³-hybridized carbons (Fsp3) is 0.932. The summed E-state index contributed by atoms with van der Waals surface area (Å²) in [5.74, 6) is -0.868. The lowest BCUT2D eigenvalue weighted by Crippen LogP contribution is -2.30. The predicted octanol–water partition coefficient (Wildman–Crippen LogP) is 13.7. The highest BCUT2D eigenvalue weighted by atomic mass is 16.6. The van der Waals surface area contributed by atoms with Gasteiger partial charge in [-0.05, 0) is 19.3 Å². The van der Waals surface area contributed by atoms with Gasteiger partial charge in [-0.3, -0.25) is 14.4 Å². The molecule has 0 aliphatic rings. The maximum Gasteiger partial charge on any atom is 0.306 e. The second-order valence-corrected chi connectivity index (χ2v) is 15.0. The second-order valence-electron chi connectivity index (χ2n) is 15.0. The monoisotopic (exact) mass is 709 g/mol. The standard InChI is InChI=1S/C44H84O6/c1-4-7-10-13-15-17-19-21-22-23-25-26-28-31-34-37-43(46)49-40-41(39-48-42(45)36-33-30-12-9-6-3)50-44(47)38-35-32-29-27-24-20-18-16-14-11-8-5-2/h41H,4-40H2,1-3H3/t41-/m0/s1. The van der Waals surface area contributed by atoms with Crippen molar-refractivity contribution in [2.45, 2.75) is 252 Å². The normalized spacial score (nSPS) is 11.8. The van der Waals surface area contributed by atoms with E-state index in [0.717, 1.165) is 64.2 Å². The van der Waals surface area contributed by atoms with E-state index in [1.54, 1.807) is 0 Å². The SMILES string of the molecule is CCCCCCCCCCCCCCCCCC(=O)OC[C@H](COC(=O)CCCCCCC)OC(=O)CCCCCCCCCCCCCC. The molecule has 0 aromatic rings. The highest BCUT2D eigenvalue weighted by Gasteiger charge is 2.19. The van der Waals surface area contributed by atoms with Gasteiger partial charge in [0.05, 0.1) is 0 Å². The lowest BCUT2D eigenvalue weighted by Gasteiger charge is -2.18. The van der Waals surface area contributed by atoms with Crippen LogP contribution in [0.3, 0.4) is 0 Å². The molecule has 0 aromatic heterocycles. The van der Waals surface area contributed by atoms with Crippen LogP contribution in [0.15, 0.2) is 0 Å². The average molecular weight is 709 g/mol. The van der Waals surface area contributed by atoms with Crippen LogP contribution < -0.4 is 0 Å². The first kappa shape index (κ1) is 48.4. The Labute approximate surface area is 310 Å². The molecule has 0 fully saturated rings. The molecule has 50 heavy (non-hydrogen) atoms. The Kier molecular flexibility index (Phi) is 38.9. The molecule has 0 aromatic carbocycles. The Bertz CT molecular complexity index is 738. The van der Waals surface area contributed by atoms with E-state index >= 15 is 0 Å². The number of carbonyl (C=O) groups is 3. The van der Waals surface area contributed by atoms with Crippen LogP contribution in [0.1, 0.15) is 245 Å². The Morgan fingerprint density at radius 2 is 0.540 bits per heavy atom. The van der Waals surface area contributed by atoms with E-state index in [1.165, 1.54) is 141 Å². The van der Waals surface area contributed by atoms with E-state index in [4.69, 9.17) is 14.2 Å². The topological polar surface area (TPSA) is 78.9 Å². The Hall–Kier alpha value is -1.59. The Morgan fingerprint density at radius 3 is 0.800 bits per heavy atom. The lowest BCUT2D eigenvalue weighted by atomic mass is 10.0. The van der Waals surface area contributed by atoms with Gasteiger partial charge in [-0.2, -0.15) is 0 Å². The molecule has 0 unspecified atom stereocenters. The summed E-state index contributed by atoms with van der Waals surface area (Å²) in [6.07, 6.45) is 39.7. The number of carbonyl (C=O) groups excluding carboxylic acids is 3. The molecule has 0 saturated carbocycles. The van der Waals surface area contributed by atoms with E-state index in [-0.39, 0.29) is 31.1 Å². The molecule has 0 spiro atoms. The summed E-state index contributed by atoms with van der Waals surface area (Å²) < 4.78 is 16.6. The summed E-state index contributed by atoms with van der Waals surface area (Å²) in [5.41, 5.74) is 0. The molecule has 0 aliphatic heterocycles. The lowest BCUT2D eigenvalue weighted by molar-refractivity contribution is -0.167. The van der Waals surface area contributed by atoms with Gasteiger partial charge in [0.15, 0.2) is 6.10 Å². The van der Waals surface area contributed by atoms with Crippen molar-refractivity contribution in [1.29, 1.82) is 0 Å². The molecule has 0 rings (SSSR count). The molecule has 6 nitrogen and oxygen atoms in total. The van der Waals surface area contributed by atoms with Crippen molar-refractivity contribution >= 4 is 17.9 Å². The molecule has 0 aliphatic carbocycles. The molecule has 0 bridgehead atoms. The molecule has 296 valence electrons. The first-order chi connectivity index (χ1) is 24.5. The van der Waals surface area contributed by atoms with Gasteiger partial charge in [0.1, 0.15) is 13.2 Å². The largest absolute Gasteiger partial charge is 0.462 e. The third-order valence-corrected chi connectivity index (χ3v) is 9.86. The van der Waals surface area contributed by atoms with Crippen molar-refractivity contribution < 1.29 is 28.6 Å². The Morgan fingerprint density at radius 1 is 0.320 bits per heavy atom. The molecule has 0 amide bonds. The van der Waals surface area contributed by atoms with Crippen molar-refractivity contribution in [3.8, 4) is 0 Å². The van der Waals surface area contributed by atoms with Gasteiger partial charge < -0.3 is 14.2 Å². The second kappa shape index (κ2) is 40.2. The smallest absolute Gasteiger partial charge is 0.306 e. The first-order valence-corrected chi connectivity index (χ1v) is 22.0. The van der Waals surface area contributed by atoms with Crippen LogP contribution in [-0.2, 0) is 28.6 Å². The predicted molar refractivity (Wildman–Crippen MR) is 210 cm³/mol. The first-order valence-electron chi connectivity index (χ1n) is 22.0. The highest BCUT2D eigenvalue weighted by molar-refractivity contribution is 5.71. The number of ether oxygens (including phenoxy) is 3. The van der Waals surface area contributed by atoms with E-state index in [1.807, 2.05) is 0 Å². The number of rotatable bonds is 40. The van der Waals surface area contributed by atoms with Crippen LogP contribution in [0.5, 0.6) is 0 Å². The summed E-state index contributed by atoms with van der Waals surface area (Å²) in [4.78, 5) is 37.4. The van der Waals surface area contributed by atoms with Crippen LogP contribution >= 0.6 is 0 Å². The molecule has 0 N–H and O–H groups in total. The van der Waals surface area contributed by atoms with Gasteiger partial charge in [-0.15, -0.1) is 0 Å². The minimum atomic E-state index is -0.756. The maximum absolute atomic E-state index is 12.6. The number of unbranched alkanes of at least 4 members (excludes halogenated alkanes) is 29. The van der Waals surface area contributed by atoms with Crippen LogP contribution in [0.2, 0.25) is 0 Å². The maximum atomic E-state index is 12.6. The molecular formula is C44H84O6. The molecule has 0 radical (unpaired) electrons. The van der Waals surface area contributed by atoms with Gasteiger partial charge in [0, 0.05) is 19.3 Å². The summed E-state index contributed by atoms with van der Waals surface area (Å²) in [7, 11) is 0. The van der Waals surface area contributed by atoms with Crippen LogP contribution in [0.4, 0.5) is 0 Å².